The monoisotopic (exact) mass is 319 g/mol. The second kappa shape index (κ2) is 6.61. The van der Waals surface area contributed by atoms with E-state index in [1.165, 1.54) is 12.8 Å². The highest BCUT2D eigenvalue weighted by Gasteiger charge is 2.33. The number of rotatable bonds is 4. The Morgan fingerprint density at radius 2 is 1.96 bits per heavy atom. The van der Waals surface area contributed by atoms with E-state index >= 15 is 0 Å². The maximum atomic E-state index is 5.94. The average Bonchev–Trinajstić information content (AvgIpc) is 2.98. The largest absolute Gasteiger partial charge is 0.380 e. The molecule has 23 heavy (non-hydrogen) atoms. The van der Waals surface area contributed by atoms with Crippen molar-refractivity contribution in [1.29, 1.82) is 0 Å². The van der Waals surface area contributed by atoms with E-state index in [1.54, 1.807) is 13.4 Å². The van der Waals surface area contributed by atoms with Crippen LogP contribution >= 0.6 is 0 Å². The summed E-state index contributed by atoms with van der Waals surface area (Å²) < 4.78 is 5.51. The summed E-state index contributed by atoms with van der Waals surface area (Å²) in [6, 6.07) is 2.40. The molecule has 6 nitrogen and oxygen atoms in total. The Labute approximate surface area is 139 Å². The molecule has 2 saturated heterocycles. The lowest BCUT2D eigenvalue weighted by Gasteiger charge is -2.37. The van der Waals surface area contributed by atoms with Crippen LogP contribution in [0.15, 0.2) is 12.4 Å². The smallest absolute Gasteiger partial charge is 0.134 e. The van der Waals surface area contributed by atoms with Gasteiger partial charge in [0.25, 0.3) is 0 Å². The first-order valence-corrected chi connectivity index (χ1v) is 8.59. The summed E-state index contributed by atoms with van der Waals surface area (Å²) in [7, 11) is 1.77. The summed E-state index contributed by atoms with van der Waals surface area (Å²) in [6.07, 6.45) is 5.28. The molecule has 0 radical (unpaired) electrons. The van der Waals surface area contributed by atoms with E-state index in [0.717, 1.165) is 37.7 Å². The highest BCUT2D eigenvalue weighted by Crippen LogP contribution is 2.33. The Balaban J connectivity index is 1.75. The number of ether oxygens (including phenoxy) is 1. The van der Waals surface area contributed by atoms with Crippen LogP contribution in [0.4, 0.5) is 11.6 Å². The van der Waals surface area contributed by atoms with E-state index in [0.29, 0.717) is 18.0 Å². The van der Waals surface area contributed by atoms with Gasteiger partial charge in [-0.05, 0) is 24.7 Å². The number of anilines is 2. The van der Waals surface area contributed by atoms with Crippen molar-refractivity contribution in [3.05, 3.63) is 12.4 Å². The van der Waals surface area contributed by atoms with Gasteiger partial charge in [-0.3, -0.25) is 0 Å². The van der Waals surface area contributed by atoms with Gasteiger partial charge < -0.3 is 20.3 Å². The van der Waals surface area contributed by atoms with Crippen LogP contribution in [0.2, 0.25) is 0 Å². The summed E-state index contributed by atoms with van der Waals surface area (Å²) in [5.74, 6) is 2.00. The van der Waals surface area contributed by atoms with Gasteiger partial charge >= 0.3 is 0 Å². The summed E-state index contributed by atoms with van der Waals surface area (Å²) >= 11 is 0. The molecule has 1 aromatic rings. The molecule has 2 aliphatic rings. The molecule has 3 rings (SSSR count). The summed E-state index contributed by atoms with van der Waals surface area (Å²) in [6.45, 7) is 8.28. The van der Waals surface area contributed by atoms with Crippen molar-refractivity contribution >= 4 is 11.6 Å². The first-order chi connectivity index (χ1) is 11.0. The maximum absolute atomic E-state index is 5.94. The van der Waals surface area contributed by atoms with E-state index in [4.69, 9.17) is 10.5 Å². The van der Waals surface area contributed by atoms with Crippen molar-refractivity contribution in [1.82, 2.24) is 9.97 Å². The first-order valence-electron chi connectivity index (χ1n) is 8.59. The van der Waals surface area contributed by atoms with Gasteiger partial charge in [-0.15, -0.1) is 0 Å². The fraction of sp³-hybridized carbons (Fsp3) is 0.765. The molecule has 0 spiro atoms. The normalized spacial score (nSPS) is 27.5. The average molecular weight is 319 g/mol. The number of hydrogen-bond acceptors (Lipinski definition) is 6. The zero-order valence-corrected chi connectivity index (χ0v) is 14.5. The van der Waals surface area contributed by atoms with Gasteiger partial charge in [0.15, 0.2) is 0 Å². The molecule has 2 aliphatic heterocycles. The van der Waals surface area contributed by atoms with E-state index in [2.05, 4.69) is 39.7 Å². The number of nitrogens with zero attached hydrogens (tertiary/aromatic N) is 4. The van der Waals surface area contributed by atoms with Crippen LogP contribution in [-0.2, 0) is 4.74 Å². The van der Waals surface area contributed by atoms with E-state index in [1.807, 2.05) is 0 Å². The number of aromatic nitrogens is 2. The molecular weight excluding hydrogens is 290 g/mol. The van der Waals surface area contributed by atoms with Gasteiger partial charge in [0, 0.05) is 45.4 Å². The lowest BCUT2D eigenvalue weighted by molar-refractivity contribution is 0.118. The SMILES string of the molecule is CO[C@H]1C[C@@H](CN)N(c2cc(N3CCC(C)(C)CC3)ncn2)C1. The molecule has 2 fully saturated rings. The summed E-state index contributed by atoms with van der Waals surface area (Å²) in [5.41, 5.74) is 6.38. The molecule has 6 heteroatoms. The summed E-state index contributed by atoms with van der Waals surface area (Å²) in [4.78, 5) is 13.6. The molecule has 0 aromatic carbocycles. The third-order valence-corrected chi connectivity index (χ3v) is 5.35. The number of methoxy groups -OCH3 is 1. The predicted octanol–water partition coefficient (Wildman–Crippen LogP) is 1.66. The van der Waals surface area contributed by atoms with Crippen molar-refractivity contribution in [2.75, 3.05) is 43.1 Å². The van der Waals surface area contributed by atoms with Crippen LogP contribution in [0.1, 0.15) is 33.1 Å². The Bertz CT molecular complexity index is 525. The summed E-state index contributed by atoms with van der Waals surface area (Å²) in [5, 5.41) is 0. The molecule has 0 unspecified atom stereocenters. The number of nitrogens with two attached hydrogens (primary N) is 1. The fourth-order valence-electron chi connectivity index (χ4n) is 3.56. The third kappa shape index (κ3) is 3.58. The zero-order valence-electron chi connectivity index (χ0n) is 14.5. The van der Waals surface area contributed by atoms with Crippen LogP contribution in [0, 0.1) is 5.41 Å². The second-order valence-electron chi connectivity index (χ2n) is 7.52. The molecule has 0 bridgehead atoms. The standard InChI is InChI=1S/C17H29N5O/c1-17(2)4-6-21(7-5-17)15-9-16(20-12-19-15)22-11-14(23-3)8-13(22)10-18/h9,12-14H,4-8,10-11,18H2,1-3H3/t13-,14-/m0/s1. The van der Waals surface area contributed by atoms with Crippen LogP contribution in [0.5, 0.6) is 0 Å². The highest BCUT2D eigenvalue weighted by atomic mass is 16.5. The Kier molecular flexibility index (Phi) is 4.73. The molecule has 2 atom stereocenters. The van der Waals surface area contributed by atoms with Gasteiger partial charge in [-0.2, -0.15) is 0 Å². The molecule has 128 valence electrons. The van der Waals surface area contributed by atoms with Crippen molar-refractivity contribution in [3.63, 3.8) is 0 Å². The van der Waals surface area contributed by atoms with Crippen LogP contribution < -0.4 is 15.5 Å². The zero-order chi connectivity index (χ0) is 16.4. The van der Waals surface area contributed by atoms with E-state index in [9.17, 15) is 0 Å². The lowest BCUT2D eigenvalue weighted by Crippen LogP contribution is -2.38. The van der Waals surface area contributed by atoms with Crippen molar-refractivity contribution in [3.8, 4) is 0 Å². The number of piperidine rings is 1. The Hall–Kier alpha value is -1.40. The van der Waals surface area contributed by atoms with Crippen LogP contribution in [-0.4, -0.2) is 55.4 Å². The van der Waals surface area contributed by atoms with Gasteiger partial charge in [0.1, 0.15) is 18.0 Å². The Morgan fingerprint density at radius 3 is 2.61 bits per heavy atom. The molecule has 3 heterocycles. The fourth-order valence-corrected chi connectivity index (χ4v) is 3.56. The molecule has 1 aromatic heterocycles. The topological polar surface area (TPSA) is 67.5 Å². The van der Waals surface area contributed by atoms with Crippen molar-refractivity contribution in [2.24, 2.45) is 11.1 Å². The molecule has 0 saturated carbocycles. The predicted molar refractivity (Wildman–Crippen MR) is 92.9 cm³/mol. The van der Waals surface area contributed by atoms with Gasteiger partial charge in [-0.1, -0.05) is 13.8 Å². The van der Waals surface area contributed by atoms with Gasteiger partial charge in [0.2, 0.25) is 0 Å². The third-order valence-electron chi connectivity index (χ3n) is 5.35. The van der Waals surface area contributed by atoms with Crippen molar-refractivity contribution in [2.45, 2.75) is 45.3 Å². The number of hydrogen-bond donors (Lipinski definition) is 1. The minimum absolute atomic E-state index is 0.234. The van der Waals surface area contributed by atoms with Crippen LogP contribution in [0.25, 0.3) is 0 Å². The minimum atomic E-state index is 0.234. The quantitative estimate of drug-likeness (QED) is 0.910. The molecule has 0 amide bonds. The molecule has 2 N–H and O–H groups in total. The molecule has 0 aliphatic carbocycles. The van der Waals surface area contributed by atoms with E-state index in [-0.39, 0.29) is 6.10 Å². The molecular formula is C17H29N5O. The van der Waals surface area contributed by atoms with E-state index < -0.39 is 0 Å². The van der Waals surface area contributed by atoms with Crippen molar-refractivity contribution < 1.29 is 4.74 Å². The first kappa shape index (κ1) is 16.5. The van der Waals surface area contributed by atoms with Gasteiger partial charge in [-0.25, -0.2) is 9.97 Å². The lowest BCUT2D eigenvalue weighted by atomic mass is 9.83. The Morgan fingerprint density at radius 1 is 1.26 bits per heavy atom. The van der Waals surface area contributed by atoms with Crippen LogP contribution in [0.3, 0.4) is 0 Å². The second-order valence-corrected chi connectivity index (χ2v) is 7.52. The highest BCUT2D eigenvalue weighted by molar-refractivity contribution is 5.52. The maximum Gasteiger partial charge on any atom is 0.134 e. The van der Waals surface area contributed by atoms with Gasteiger partial charge in [0.05, 0.1) is 6.10 Å². The minimum Gasteiger partial charge on any atom is -0.380 e.